The maximum absolute atomic E-state index is 12.7. The summed E-state index contributed by atoms with van der Waals surface area (Å²) in [6.45, 7) is 3.45. The number of benzene rings is 3. The fraction of sp³-hybridized carbons (Fsp3) is 0.200. The number of aliphatic carboxylic acids is 1. The molecule has 4 N–H and O–H groups in total. The van der Waals surface area contributed by atoms with Crippen LogP contribution >= 0.6 is 0 Å². The number of fused-ring (bicyclic) bond motifs is 2. The van der Waals surface area contributed by atoms with E-state index in [0.29, 0.717) is 17.9 Å². The van der Waals surface area contributed by atoms with E-state index in [9.17, 15) is 32.3 Å². The van der Waals surface area contributed by atoms with Gasteiger partial charge in [0.1, 0.15) is 17.8 Å². The van der Waals surface area contributed by atoms with E-state index in [2.05, 4.69) is 10.3 Å². The Hall–Kier alpha value is -5.53. The number of para-hydroxylation sites is 1. The van der Waals surface area contributed by atoms with Gasteiger partial charge in [-0.05, 0) is 61.0 Å². The van der Waals surface area contributed by atoms with Gasteiger partial charge in [-0.25, -0.2) is 9.59 Å². The molecule has 0 atom stereocenters. The fourth-order valence-electron chi connectivity index (χ4n) is 4.27. The zero-order valence-electron chi connectivity index (χ0n) is 23.2. The lowest BCUT2D eigenvalue weighted by Gasteiger charge is -2.30. The summed E-state index contributed by atoms with van der Waals surface area (Å²) < 4.78 is 37.8. The number of imide groups is 2. The Labute approximate surface area is 247 Å². The number of hydrogen-bond acceptors (Lipinski definition) is 7. The number of aryl methyl sites for hydroxylation is 1. The van der Waals surface area contributed by atoms with Crippen LogP contribution in [0.5, 0.6) is 5.75 Å². The van der Waals surface area contributed by atoms with Crippen LogP contribution < -0.4 is 20.7 Å². The summed E-state index contributed by atoms with van der Waals surface area (Å²) in [5.74, 6) is -4.03. The van der Waals surface area contributed by atoms with Gasteiger partial charge in [0, 0.05) is 28.8 Å². The summed E-state index contributed by atoms with van der Waals surface area (Å²) in [6.07, 6.45) is -5.08. The number of carbonyl (C=O) groups is 5. The second kappa shape index (κ2) is 12.4. The van der Waals surface area contributed by atoms with Crippen LogP contribution in [0.15, 0.2) is 66.7 Å². The number of amides is 5. The van der Waals surface area contributed by atoms with Crippen LogP contribution in [0.2, 0.25) is 0 Å². The Morgan fingerprint density at radius 3 is 2.23 bits per heavy atom. The topological polar surface area (TPSA) is 164 Å². The molecule has 0 radical (unpaired) electrons. The predicted molar refractivity (Wildman–Crippen MR) is 151 cm³/mol. The number of halogens is 3. The predicted octanol–water partition coefficient (Wildman–Crippen LogP) is 4.01. The molecular formula is C30H25F3N4O7. The highest BCUT2D eigenvalue weighted by molar-refractivity contribution is 6.19. The van der Waals surface area contributed by atoms with Crippen molar-refractivity contribution in [3.63, 3.8) is 0 Å². The Bertz CT molecular complexity index is 1790. The Morgan fingerprint density at radius 2 is 1.57 bits per heavy atom. The van der Waals surface area contributed by atoms with E-state index in [1.807, 2.05) is 72.2 Å². The van der Waals surface area contributed by atoms with E-state index in [1.54, 1.807) is 12.1 Å². The molecule has 1 saturated heterocycles. The first-order chi connectivity index (χ1) is 20.7. The number of carbonyl (C=O) groups excluding carboxylic acids is 4. The number of rotatable bonds is 6. The molecule has 14 heteroatoms. The number of urea groups is 1. The van der Waals surface area contributed by atoms with Crippen molar-refractivity contribution in [2.24, 2.45) is 5.41 Å². The zero-order valence-corrected chi connectivity index (χ0v) is 23.2. The molecule has 1 fully saturated rings. The van der Waals surface area contributed by atoms with Gasteiger partial charge in [-0.3, -0.25) is 30.0 Å². The monoisotopic (exact) mass is 610 g/mol. The largest absolute Gasteiger partial charge is 0.490 e. The van der Waals surface area contributed by atoms with Gasteiger partial charge in [0.25, 0.3) is 5.91 Å². The molecule has 1 aromatic heterocycles. The summed E-state index contributed by atoms with van der Waals surface area (Å²) >= 11 is 0. The molecule has 0 saturated carbocycles. The van der Waals surface area contributed by atoms with Crippen molar-refractivity contribution in [1.82, 2.24) is 20.9 Å². The van der Waals surface area contributed by atoms with E-state index < -0.39 is 41.3 Å². The lowest BCUT2D eigenvalue weighted by Crippen LogP contribution is -2.64. The third-order valence-electron chi connectivity index (χ3n) is 6.70. The van der Waals surface area contributed by atoms with Gasteiger partial charge in [0.2, 0.25) is 11.8 Å². The number of aromatic nitrogens is 1. The molecule has 5 amide bonds. The molecule has 2 heterocycles. The van der Waals surface area contributed by atoms with Gasteiger partial charge >= 0.3 is 18.2 Å². The first-order valence-electron chi connectivity index (χ1n) is 12.9. The van der Waals surface area contributed by atoms with Crippen molar-refractivity contribution in [2.45, 2.75) is 26.6 Å². The minimum atomic E-state index is -5.08. The number of pyridine rings is 1. The Balaban J connectivity index is 0.000000566. The molecule has 4 aromatic rings. The van der Waals surface area contributed by atoms with Crippen LogP contribution in [0.3, 0.4) is 0 Å². The van der Waals surface area contributed by atoms with Crippen LogP contribution in [0.1, 0.15) is 28.5 Å². The van der Waals surface area contributed by atoms with Crippen molar-refractivity contribution in [2.75, 3.05) is 6.54 Å². The molecule has 0 unspecified atom stereocenters. The third-order valence-corrected chi connectivity index (χ3v) is 6.70. The number of hydrogen-bond donors (Lipinski definition) is 4. The maximum atomic E-state index is 12.7. The fourth-order valence-corrected chi connectivity index (χ4v) is 4.27. The van der Waals surface area contributed by atoms with Crippen LogP contribution in [-0.4, -0.2) is 52.5 Å². The van der Waals surface area contributed by atoms with E-state index in [1.165, 1.54) is 6.92 Å². The molecule has 1 aliphatic rings. The third kappa shape index (κ3) is 7.09. The van der Waals surface area contributed by atoms with E-state index in [-0.39, 0.29) is 6.54 Å². The first kappa shape index (κ1) is 31.4. The summed E-state index contributed by atoms with van der Waals surface area (Å²) in [6, 6.07) is 19.9. The SMILES string of the molecule is Cc1cc(COc2ccc3cc(C(=O)NCC4(C)C(=O)NC(=O)NC4=O)ccc3c2)c2ccccc2n1.O=C(O)C(F)(F)F. The lowest BCUT2D eigenvalue weighted by molar-refractivity contribution is -0.192. The number of nitrogens with zero attached hydrogens (tertiary/aromatic N) is 1. The second-order valence-electron chi connectivity index (χ2n) is 10.0. The number of barbiturate groups is 1. The Kier molecular flexibility index (Phi) is 8.83. The van der Waals surface area contributed by atoms with Crippen molar-refractivity contribution in [3.05, 3.63) is 83.6 Å². The molecule has 5 rings (SSSR count). The van der Waals surface area contributed by atoms with Crippen LogP contribution in [0.4, 0.5) is 18.0 Å². The highest BCUT2D eigenvalue weighted by Crippen LogP contribution is 2.25. The zero-order chi connectivity index (χ0) is 32.2. The quantitative estimate of drug-likeness (QED) is 0.238. The highest BCUT2D eigenvalue weighted by atomic mass is 19.4. The molecule has 0 bridgehead atoms. The average molecular weight is 611 g/mol. The van der Waals surface area contributed by atoms with Crippen LogP contribution in [-0.2, 0) is 21.0 Å². The standard InChI is InChI=1S/C28H24N4O5.C2HF3O2/c1-16-11-20(22-5-3-4-6-23(22)30-16)14-37-21-10-9-17-12-19(8-7-18(17)13-21)24(33)29-15-28(2)25(34)31-27(36)32-26(28)35;3-2(4,5)1(6)7/h3-13H,14-15H2,1-2H3,(H,29,33)(H2,31,32,34,35,36);(H,6,7). The average Bonchev–Trinajstić information content (AvgIpc) is 2.97. The van der Waals surface area contributed by atoms with Crippen molar-refractivity contribution < 1.29 is 47.0 Å². The number of ether oxygens (including phenoxy) is 1. The van der Waals surface area contributed by atoms with Gasteiger partial charge in [-0.15, -0.1) is 0 Å². The highest BCUT2D eigenvalue weighted by Gasteiger charge is 2.46. The molecular weight excluding hydrogens is 585 g/mol. The molecule has 0 spiro atoms. The summed E-state index contributed by atoms with van der Waals surface area (Å²) in [5.41, 5.74) is 1.68. The second-order valence-corrected chi connectivity index (χ2v) is 10.0. The van der Waals surface area contributed by atoms with Gasteiger partial charge in [-0.1, -0.05) is 30.3 Å². The van der Waals surface area contributed by atoms with Crippen LogP contribution in [0.25, 0.3) is 21.7 Å². The number of alkyl halides is 3. The molecule has 44 heavy (non-hydrogen) atoms. The van der Waals surface area contributed by atoms with Gasteiger partial charge in [0.15, 0.2) is 0 Å². The van der Waals surface area contributed by atoms with Gasteiger partial charge in [-0.2, -0.15) is 13.2 Å². The molecule has 228 valence electrons. The van der Waals surface area contributed by atoms with Gasteiger partial charge < -0.3 is 15.2 Å². The minimum Gasteiger partial charge on any atom is -0.489 e. The van der Waals surface area contributed by atoms with Gasteiger partial charge in [0.05, 0.1) is 5.52 Å². The first-order valence-corrected chi connectivity index (χ1v) is 12.9. The smallest absolute Gasteiger partial charge is 0.489 e. The van der Waals surface area contributed by atoms with Crippen molar-refractivity contribution in [1.29, 1.82) is 0 Å². The Morgan fingerprint density at radius 1 is 0.955 bits per heavy atom. The van der Waals surface area contributed by atoms with Crippen molar-refractivity contribution in [3.8, 4) is 5.75 Å². The molecule has 11 nitrogen and oxygen atoms in total. The van der Waals surface area contributed by atoms with E-state index in [4.69, 9.17) is 14.6 Å². The molecule has 0 aliphatic carbocycles. The van der Waals surface area contributed by atoms with Crippen molar-refractivity contribution >= 4 is 51.4 Å². The van der Waals surface area contributed by atoms with E-state index in [0.717, 1.165) is 32.9 Å². The number of carboxylic acid groups (broad SMARTS) is 1. The normalized spacial score (nSPS) is 14.2. The maximum Gasteiger partial charge on any atom is 0.490 e. The molecule has 1 aliphatic heterocycles. The lowest BCUT2D eigenvalue weighted by atomic mass is 9.86. The summed E-state index contributed by atoms with van der Waals surface area (Å²) in [4.78, 5) is 61.8. The molecule has 3 aromatic carbocycles. The summed E-state index contributed by atoms with van der Waals surface area (Å²) in [5, 5.41) is 16.6. The summed E-state index contributed by atoms with van der Waals surface area (Å²) in [7, 11) is 0. The number of carboxylic acids is 1. The van der Waals surface area contributed by atoms with Crippen LogP contribution in [0, 0.1) is 12.3 Å². The minimum absolute atomic E-state index is 0.259. The number of nitrogens with one attached hydrogen (secondary N) is 3. The van der Waals surface area contributed by atoms with E-state index >= 15 is 0 Å².